The highest BCUT2D eigenvalue weighted by molar-refractivity contribution is 8.58. The minimum Gasteiger partial charge on any atom is -0.377 e. The van der Waals surface area contributed by atoms with E-state index < -0.39 is 5.54 Å². The first-order valence-corrected chi connectivity index (χ1v) is 10.4. The molecule has 112 valence electrons. The second kappa shape index (κ2) is 6.34. The lowest BCUT2D eigenvalue weighted by atomic mass is 10.4. The summed E-state index contributed by atoms with van der Waals surface area (Å²) in [6, 6.07) is 8.19. The Morgan fingerprint density at radius 2 is 1.10 bits per heavy atom. The third-order valence-corrected chi connectivity index (χ3v) is 7.33. The lowest BCUT2D eigenvalue weighted by molar-refractivity contribution is -0.623. The van der Waals surface area contributed by atoms with Crippen molar-refractivity contribution in [1.29, 1.82) is 0 Å². The molecule has 0 bridgehead atoms. The third kappa shape index (κ3) is 3.57. The molecular formula is C14H21N4PS2+2. The summed E-state index contributed by atoms with van der Waals surface area (Å²) in [5.74, 6) is 0. The van der Waals surface area contributed by atoms with Gasteiger partial charge in [-0.25, -0.2) is 0 Å². The average molecular weight is 340 g/mol. The highest BCUT2D eigenvalue weighted by atomic mass is 32.9. The zero-order chi connectivity index (χ0) is 15.6. The molecule has 0 spiro atoms. The van der Waals surface area contributed by atoms with Crippen molar-refractivity contribution < 1.29 is 8.68 Å². The maximum Gasteiger partial charge on any atom is 0.495 e. The molecule has 0 amide bonds. The Kier molecular flexibility index (Phi) is 4.91. The Morgan fingerprint density at radius 1 is 0.810 bits per heavy atom. The monoisotopic (exact) mass is 340 g/mol. The quantitative estimate of drug-likeness (QED) is 0.676. The zero-order valence-electron chi connectivity index (χ0n) is 12.7. The normalized spacial score (nSPS) is 11.3. The topological polar surface area (TPSA) is 14.2 Å². The fourth-order valence-electron chi connectivity index (χ4n) is 1.88. The highest BCUT2D eigenvalue weighted by Gasteiger charge is 2.34. The van der Waals surface area contributed by atoms with Gasteiger partial charge in [0.25, 0.3) is 0 Å². The lowest BCUT2D eigenvalue weighted by Crippen LogP contribution is -2.43. The van der Waals surface area contributed by atoms with Gasteiger partial charge in [0.2, 0.25) is 0 Å². The van der Waals surface area contributed by atoms with Crippen LogP contribution in [0, 0.1) is 0 Å². The molecule has 0 unspecified atom stereocenters. The van der Waals surface area contributed by atoms with Gasteiger partial charge in [-0.3, -0.25) is 0 Å². The molecule has 0 radical (unpaired) electrons. The van der Waals surface area contributed by atoms with Crippen LogP contribution >= 0.6 is 17.8 Å². The van der Waals surface area contributed by atoms with Crippen molar-refractivity contribution in [2.24, 2.45) is 0 Å². The van der Waals surface area contributed by atoms with E-state index in [1.165, 1.54) is 0 Å². The summed E-state index contributed by atoms with van der Waals surface area (Å²) >= 11 is 10.5. The van der Waals surface area contributed by atoms with Crippen LogP contribution in [0.2, 0.25) is 0 Å². The summed E-state index contributed by atoms with van der Waals surface area (Å²) in [5.41, 5.74) is 0.109. The van der Waals surface area contributed by atoms with Gasteiger partial charge in [0, 0.05) is 63.8 Å². The van der Waals surface area contributed by atoms with E-state index in [1.54, 1.807) is 0 Å². The third-order valence-electron chi connectivity index (χ3n) is 3.23. The molecule has 2 aromatic heterocycles. The van der Waals surface area contributed by atoms with Crippen LogP contribution in [0.4, 0.5) is 11.4 Å². The fraction of sp³-hybridized carbons (Fsp3) is 0.286. The minimum absolute atomic E-state index is 1.14. The van der Waals surface area contributed by atoms with E-state index in [0.717, 1.165) is 11.4 Å². The molecule has 2 rings (SSSR count). The molecule has 0 saturated heterocycles. The van der Waals surface area contributed by atoms with E-state index in [0.29, 0.717) is 0 Å². The molecular weight excluding hydrogens is 319 g/mol. The van der Waals surface area contributed by atoms with Crippen LogP contribution in [0.1, 0.15) is 0 Å². The molecule has 4 nitrogen and oxygen atoms in total. The molecule has 0 N–H and O–H groups in total. The van der Waals surface area contributed by atoms with Gasteiger partial charge in [-0.05, 0) is 12.2 Å². The number of hydrogen-bond acceptors (Lipinski definition) is 3. The second-order valence-corrected chi connectivity index (χ2v) is 11.1. The first-order chi connectivity index (χ1) is 9.82. The van der Waals surface area contributed by atoms with Crippen LogP contribution in [-0.2, 0) is 11.8 Å². The number of thiol groups is 1. The number of nitrogens with zero attached hydrogens (tertiary/aromatic N) is 4. The van der Waals surface area contributed by atoms with Gasteiger partial charge in [-0.15, -0.1) is 8.68 Å². The number of hydrogen-bond donors (Lipinski definition) is 1. The highest BCUT2D eigenvalue weighted by Crippen LogP contribution is 2.39. The summed E-state index contributed by atoms with van der Waals surface area (Å²) in [5, 5.41) is 0. The summed E-state index contributed by atoms with van der Waals surface area (Å²) < 4.78 is 4.02. The molecule has 0 aliphatic heterocycles. The second-order valence-electron chi connectivity index (χ2n) is 5.17. The number of anilines is 2. The van der Waals surface area contributed by atoms with Crippen molar-refractivity contribution in [3.63, 3.8) is 0 Å². The van der Waals surface area contributed by atoms with E-state index in [2.05, 4.69) is 9.80 Å². The molecule has 2 heterocycles. The largest absolute Gasteiger partial charge is 0.495 e. The van der Waals surface area contributed by atoms with Crippen molar-refractivity contribution >= 4 is 41.0 Å². The smallest absolute Gasteiger partial charge is 0.377 e. The molecule has 0 fully saturated rings. The molecule has 0 aliphatic rings. The Labute approximate surface area is 136 Å². The predicted octanol–water partition coefficient (Wildman–Crippen LogP) is 1.94. The van der Waals surface area contributed by atoms with E-state index >= 15 is 0 Å². The van der Waals surface area contributed by atoms with Crippen molar-refractivity contribution in [2.75, 3.05) is 38.0 Å². The van der Waals surface area contributed by atoms with Crippen molar-refractivity contribution in [1.82, 2.24) is 0 Å². The Bertz CT molecular complexity index is 598. The van der Waals surface area contributed by atoms with E-state index in [4.69, 9.17) is 24.1 Å². The van der Waals surface area contributed by atoms with Crippen LogP contribution in [0.15, 0.2) is 49.1 Å². The fourth-order valence-corrected chi connectivity index (χ4v) is 4.45. The number of aromatic nitrogens is 2. The van der Waals surface area contributed by atoms with Crippen molar-refractivity contribution in [3.05, 3.63) is 49.1 Å². The molecule has 0 saturated carbocycles. The lowest BCUT2D eigenvalue weighted by Gasteiger charge is -2.12. The van der Waals surface area contributed by atoms with E-state index in [1.807, 2.05) is 85.9 Å². The first-order valence-electron chi connectivity index (χ1n) is 6.54. The SMILES string of the molecule is CN(C)c1cc[n+](P(=S)(S)[n+]2ccc(N(C)C)cc2)cc1. The van der Waals surface area contributed by atoms with Crippen LogP contribution in [0.5, 0.6) is 0 Å². The Balaban J connectivity index is 2.34. The van der Waals surface area contributed by atoms with Gasteiger partial charge in [-0.1, -0.05) is 0 Å². The van der Waals surface area contributed by atoms with Crippen LogP contribution in [-0.4, -0.2) is 28.2 Å². The summed E-state index contributed by atoms with van der Waals surface area (Å²) in [4.78, 5) is 4.12. The van der Waals surface area contributed by atoms with Gasteiger partial charge in [-0.2, -0.15) is 0 Å². The summed E-state index contributed by atoms with van der Waals surface area (Å²) in [6.07, 6.45) is 7.98. The molecule has 7 heteroatoms. The predicted molar refractivity (Wildman–Crippen MR) is 96.0 cm³/mol. The summed E-state index contributed by atoms with van der Waals surface area (Å²) in [7, 11) is 8.08. The van der Waals surface area contributed by atoms with Gasteiger partial charge in [0.1, 0.15) is 0 Å². The van der Waals surface area contributed by atoms with Gasteiger partial charge in [0.05, 0.1) is 11.8 Å². The van der Waals surface area contributed by atoms with Gasteiger partial charge < -0.3 is 9.80 Å². The number of rotatable bonds is 4. The van der Waals surface area contributed by atoms with Crippen LogP contribution in [0.3, 0.4) is 0 Å². The molecule has 0 aliphatic carbocycles. The molecule has 21 heavy (non-hydrogen) atoms. The van der Waals surface area contributed by atoms with Gasteiger partial charge in [0.15, 0.2) is 24.8 Å². The standard InChI is InChI=1S/C14H20N4PS2/c1-15(2)13-5-9-17(10-6-13)19(20,21)18-11-7-14(8-12-18)16(3)4/h5-12H,1-4H3/q+1/p+1. The van der Waals surface area contributed by atoms with Crippen LogP contribution in [0.25, 0.3) is 0 Å². The number of pyridine rings is 2. The van der Waals surface area contributed by atoms with E-state index in [9.17, 15) is 0 Å². The zero-order valence-corrected chi connectivity index (χ0v) is 15.3. The minimum atomic E-state index is -2.17. The summed E-state index contributed by atoms with van der Waals surface area (Å²) in [6.45, 7) is 0. The molecule has 2 aromatic rings. The van der Waals surface area contributed by atoms with Crippen molar-refractivity contribution in [2.45, 2.75) is 0 Å². The first kappa shape index (κ1) is 16.3. The maximum atomic E-state index is 5.77. The van der Waals surface area contributed by atoms with Gasteiger partial charge >= 0.3 is 5.54 Å². The molecule has 0 atom stereocenters. The van der Waals surface area contributed by atoms with E-state index in [-0.39, 0.29) is 0 Å². The van der Waals surface area contributed by atoms with Crippen molar-refractivity contribution in [3.8, 4) is 0 Å². The maximum absolute atomic E-state index is 5.77. The average Bonchev–Trinajstić information content (AvgIpc) is 2.47. The molecule has 0 aromatic carbocycles. The Morgan fingerprint density at radius 3 is 1.33 bits per heavy atom. The van der Waals surface area contributed by atoms with Crippen LogP contribution < -0.4 is 18.5 Å². The Hall–Kier alpha value is -1.10.